The number of likely N-dealkylation sites (N-methyl/N-ethyl adjacent to an activating group) is 1. The Morgan fingerprint density at radius 2 is 2.19 bits per heavy atom. The summed E-state index contributed by atoms with van der Waals surface area (Å²) in [5.41, 5.74) is 2.97. The number of benzene rings is 1. The Morgan fingerprint density at radius 3 is 2.97 bits per heavy atom. The quantitative estimate of drug-likeness (QED) is 0.807. The zero-order valence-electron chi connectivity index (χ0n) is 17.2. The van der Waals surface area contributed by atoms with E-state index in [0.29, 0.717) is 43.5 Å². The van der Waals surface area contributed by atoms with Crippen molar-refractivity contribution < 1.29 is 18.3 Å². The molecule has 162 valence electrons. The molecule has 0 bridgehead atoms. The minimum absolute atomic E-state index is 0.0473. The van der Waals surface area contributed by atoms with Crippen molar-refractivity contribution in [1.82, 2.24) is 15.4 Å². The first-order chi connectivity index (χ1) is 15.0. The van der Waals surface area contributed by atoms with E-state index in [0.717, 1.165) is 6.07 Å². The van der Waals surface area contributed by atoms with Gasteiger partial charge in [0.25, 0.3) is 5.91 Å². The van der Waals surface area contributed by atoms with Crippen LogP contribution in [0.15, 0.2) is 29.5 Å². The molecule has 3 aliphatic heterocycles. The molecule has 8 nitrogen and oxygen atoms in total. The van der Waals surface area contributed by atoms with Crippen LogP contribution in [-0.2, 0) is 9.53 Å². The van der Waals surface area contributed by atoms with Crippen LogP contribution in [0.2, 0.25) is 0 Å². The Morgan fingerprint density at radius 1 is 1.35 bits per heavy atom. The van der Waals surface area contributed by atoms with Gasteiger partial charge in [-0.3, -0.25) is 4.79 Å². The molecule has 0 aliphatic carbocycles. The third-order valence-corrected chi connectivity index (χ3v) is 6.39. The number of ether oxygens (including phenoxy) is 1. The van der Waals surface area contributed by atoms with Gasteiger partial charge >= 0.3 is 0 Å². The summed E-state index contributed by atoms with van der Waals surface area (Å²) in [5.74, 6) is -0.706. The molecule has 2 unspecified atom stereocenters. The van der Waals surface area contributed by atoms with Crippen LogP contribution in [0.1, 0.15) is 36.7 Å². The first kappa shape index (κ1) is 19.8. The number of morpholine rings is 1. The Hall–Kier alpha value is -3.14. The summed E-state index contributed by atoms with van der Waals surface area (Å²) < 4.78 is 33.5. The van der Waals surface area contributed by atoms with Gasteiger partial charge in [0.05, 0.1) is 31.4 Å². The number of nitrogens with one attached hydrogen (secondary N) is 1. The van der Waals surface area contributed by atoms with Gasteiger partial charge in [0.15, 0.2) is 5.82 Å². The van der Waals surface area contributed by atoms with E-state index in [2.05, 4.69) is 15.5 Å². The van der Waals surface area contributed by atoms with Gasteiger partial charge in [0, 0.05) is 31.4 Å². The van der Waals surface area contributed by atoms with E-state index in [4.69, 9.17) is 9.72 Å². The van der Waals surface area contributed by atoms with Gasteiger partial charge in [-0.2, -0.15) is 5.10 Å². The minimum Gasteiger partial charge on any atom is -0.377 e. The van der Waals surface area contributed by atoms with Crippen LogP contribution in [0.5, 0.6) is 0 Å². The minimum atomic E-state index is -0.809. The van der Waals surface area contributed by atoms with E-state index in [1.54, 1.807) is 24.4 Å². The monoisotopic (exact) mass is 428 g/mol. The number of carbonyl (C=O) groups excluding carboxylic acids is 1. The molecule has 4 heterocycles. The Bertz CT molecular complexity index is 1080. The standard InChI is InChI=1S/C21H22F2N6O2/c1-3-21-11-31-7-6-29(21)19-16(28(2)20(21)30)10-24-18(26-19)14-9-25-27-17(14)13-5-4-12(22)8-15(13)23/h4-5,8-10,14,17,27H,3,6-7,11H2,1-2H3/t14?,17?,21-/m0/s1. The highest BCUT2D eigenvalue weighted by atomic mass is 19.1. The van der Waals surface area contributed by atoms with Crippen molar-refractivity contribution in [3.63, 3.8) is 0 Å². The number of fused-ring (bicyclic) bond motifs is 3. The highest BCUT2D eigenvalue weighted by Gasteiger charge is 2.52. The van der Waals surface area contributed by atoms with Gasteiger partial charge in [0.1, 0.15) is 28.7 Å². The molecule has 2 aromatic rings. The van der Waals surface area contributed by atoms with E-state index in [1.165, 1.54) is 12.1 Å². The largest absolute Gasteiger partial charge is 0.377 e. The number of hydrogen-bond acceptors (Lipinski definition) is 7. The molecule has 1 aromatic heterocycles. The molecule has 0 radical (unpaired) electrons. The number of aromatic nitrogens is 2. The topological polar surface area (TPSA) is 82.9 Å². The summed E-state index contributed by atoms with van der Waals surface area (Å²) in [6.07, 6.45) is 3.82. The average Bonchev–Trinajstić information content (AvgIpc) is 3.26. The van der Waals surface area contributed by atoms with Crippen molar-refractivity contribution in [3.05, 3.63) is 47.4 Å². The zero-order chi connectivity index (χ0) is 21.8. The summed E-state index contributed by atoms with van der Waals surface area (Å²) in [5, 5.41) is 4.10. The predicted octanol–water partition coefficient (Wildman–Crippen LogP) is 2.13. The van der Waals surface area contributed by atoms with Crippen LogP contribution >= 0.6 is 0 Å². The number of anilines is 2. The van der Waals surface area contributed by atoms with Crippen molar-refractivity contribution in [1.29, 1.82) is 0 Å². The maximum absolute atomic E-state index is 14.4. The number of amides is 1. The van der Waals surface area contributed by atoms with Gasteiger partial charge in [-0.25, -0.2) is 18.7 Å². The molecule has 0 saturated carbocycles. The lowest BCUT2D eigenvalue weighted by atomic mass is 9.89. The summed E-state index contributed by atoms with van der Waals surface area (Å²) in [6, 6.07) is 2.90. The van der Waals surface area contributed by atoms with E-state index in [9.17, 15) is 13.6 Å². The third kappa shape index (κ3) is 2.88. The molecule has 3 aliphatic rings. The molecular formula is C21H22F2N6O2. The van der Waals surface area contributed by atoms with E-state index in [1.807, 2.05) is 11.8 Å². The van der Waals surface area contributed by atoms with E-state index >= 15 is 0 Å². The van der Waals surface area contributed by atoms with Gasteiger partial charge < -0.3 is 20.0 Å². The molecule has 3 atom stereocenters. The van der Waals surface area contributed by atoms with Crippen molar-refractivity contribution in [2.75, 3.05) is 36.6 Å². The van der Waals surface area contributed by atoms with Crippen LogP contribution in [-0.4, -0.2) is 54.4 Å². The molecule has 1 aromatic carbocycles. The Kier molecular flexibility index (Phi) is 4.62. The fraction of sp³-hybridized carbons (Fsp3) is 0.429. The highest BCUT2D eigenvalue weighted by molar-refractivity contribution is 6.07. The van der Waals surface area contributed by atoms with E-state index in [-0.39, 0.29) is 11.5 Å². The zero-order valence-corrected chi connectivity index (χ0v) is 17.2. The highest BCUT2D eigenvalue weighted by Crippen LogP contribution is 2.42. The normalized spacial score (nSPS) is 27.2. The average molecular weight is 428 g/mol. The maximum atomic E-state index is 14.4. The van der Waals surface area contributed by atoms with Crippen LogP contribution in [0.25, 0.3) is 0 Å². The molecule has 1 N–H and O–H groups in total. The maximum Gasteiger partial charge on any atom is 0.255 e. The SMILES string of the molecule is CC[C@@]12COCCN1c1nc(C3C=NNC3c3ccc(F)cc3F)ncc1N(C)C2=O. The first-order valence-corrected chi connectivity index (χ1v) is 10.2. The van der Waals surface area contributed by atoms with E-state index < -0.39 is 29.1 Å². The fourth-order valence-electron chi connectivity index (χ4n) is 4.62. The van der Waals surface area contributed by atoms with Crippen molar-refractivity contribution in [2.24, 2.45) is 5.10 Å². The molecule has 5 rings (SSSR count). The molecule has 1 fully saturated rings. The van der Waals surface area contributed by atoms with Crippen LogP contribution in [0.3, 0.4) is 0 Å². The number of hydrogen-bond donors (Lipinski definition) is 1. The second-order valence-electron chi connectivity index (χ2n) is 7.97. The van der Waals surface area contributed by atoms with Crippen molar-refractivity contribution in [3.8, 4) is 0 Å². The molecule has 1 amide bonds. The fourth-order valence-corrected chi connectivity index (χ4v) is 4.62. The lowest BCUT2D eigenvalue weighted by Gasteiger charge is -2.51. The number of hydrazone groups is 1. The lowest BCUT2D eigenvalue weighted by Crippen LogP contribution is -2.68. The summed E-state index contributed by atoms with van der Waals surface area (Å²) in [7, 11) is 1.71. The van der Waals surface area contributed by atoms with Crippen LogP contribution in [0.4, 0.5) is 20.3 Å². The molecule has 10 heteroatoms. The number of rotatable bonds is 3. The lowest BCUT2D eigenvalue weighted by molar-refractivity contribution is -0.128. The number of nitrogens with zero attached hydrogens (tertiary/aromatic N) is 5. The summed E-state index contributed by atoms with van der Waals surface area (Å²) in [4.78, 5) is 26.0. The van der Waals surface area contributed by atoms with Crippen LogP contribution < -0.4 is 15.2 Å². The number of halogens is 2. The number of carbonyl (C=O) groups is 1. The summed E-state index contributed by atoms with van der Waals surface area (Å²) in [6.45, 7) is 3.28. The third-order valence-electron chi connectivity index (χ3n) is 6.39. The van der Waals surface area contributed by atoms with Crippen molar-refractivity contribution in [2.45, 2.75) is 30.8 Å². The molecule has 31 heavy (non-hydrogen) atoms. The second-order valence-corrected chi connectivity index (χ2v) is 7.97. The van der Waals surface area contributed by atoms with Gasteiger partial charge in [-0.05, 0) is 12.5 Å². The first-order valence-electron chi connectivity index (χ1n) is 10.2. The molecular weight excluding hydrogens is 406 g/mol. The Labute approximate surface area is 177 Å². The van der Waals surface area contributed by atoms with Gasteiger partial charge in [0.2, 0.25) is 0 Å². The molecule has 1 saturated heterocycles. The summed E-state index contributed by atoms with van der Waals surface area (Å²) >= 11 is 0. The smallest absolute Gasteiger partial charge is 0.255 e. The van der Waals surface area contributed by atoms with Crippen molar-refractivity contribution >= 4 is 23.6 Å². The second kappa shape index (κ2) is 7.23. The van der Waals surface area contributed by atoms with Crippen LogP contribution in [0, 0.1) is 11.6 Å². The van der Waals surface area contributed by atoms with Gasteiger partial charge in [-0.1, -0.05) is 13.0 Å². The van der Waals surface area contributed by atoms with Gasteiger partial charge in [-0.15, -0.1) is 0 Å². The Balaban J connectivity index is 1.57. The molecule has 0 spiro atoms. The predicted molar refractivity (Wildman–Crippen MR) is 110 cm³/mol.